The maximum atomic E-state index is 11.9. The number of halogens is 1. The van der Waals surface area contributed by atoms with Gasteiger partial charge in [-0.2, -0.15) is 0 Å². The highest BCUT2D eigenvalue weighted by molar-refractivity contribution is 9.10. The molecule has 0 spiro atoms. The molecule has 1 aromatic rings. The Labute approximate surface area is 130 Å². The van der Waals surface area contributed by atoms with Crippen molar-refractivity contribution >= 4 is 33.9 Å². The summed E-state index contributed by atoms with van der Waals surface area (Å²) in [7, 11) is 0. The largest absolute Gasteiger partial charge is 0.462 e. The van der Waals surface area contributed by atoms with Crippen molar-refractivity contribution in [1.29, 1.82) is 0 Å². The Bertz CT molecular complexity index is 675. The fraction of sp³-hybridized carbons (Fsp3) is 0.250. The molecule has 0 saturated carbocycles. The average molecular weight is 349 g/mol. The molecule has 108 valence electrons. The molecule has 1 aromatic carbocycles. The van der Waals surface area contributed by atoms with Crippen molar-refractivity contribution in [2.75, 3.05) is 6.61 Å². The second kappa shape index (κ2) is 5.48. The van der Waals surface area contributed by atoms with Gasteiger partial charge in [-0.15, -0.1) is 0 Å². The van der Waals surface area contributed by atoms with Gasteiger partial charge in [0.05, 0.1) is 6.61 Å². The Morgan fingerprint density at radius 1 is 1.43 bits per heavy atom. The van der Waals surface area contributed by atoms with Crippen molar-refractivity contribution in [3.05, 3.63) is 51.5 Å². The number of carbonyl (C=O) groups is 2. The van der Waals surface area contributed by atoms with Crippen LogP contribution in [0, 0.1) is 0 Å². The first-order chi connectivity index (χ1) is 10.1. The Hall–Kier alpha value is -1.88. The molecule has 0 radical (unpaired) electrons. The van der Waals surface area contributed by atoms with Crippen LogP contribution in [-0.2, 0) is 19.1 Å². The van der Waals surface area contributed by atoms with E-state index in [1.165, 1.54) is 0 Å². The highest BCUT2D eigenvalue weighted by Crippen LogP contribution is 2.37. The lowest BCUT2D eigenvalue weighted by atomic mass is 9.82. The summed E-state index contributed by atoms with van der Waals surface area (Å²) in [4.78, 5) is 23.7. The zero-order chi connectivity index (χ0) is 15.0. The van der Waals surface area contributed by atoms with Crippen LogP contribution in [0.5, 0.6) is 0 Å². The topological polar surface area (TPSA) is 52.6 Å². The van der Waals surface area contributed by atoms with Gasteiger partial charge in [0.25, 0.3) is 0 Å². The van der Waals surface area contributed by atoms with Gasteiger partial charge < -0.3 is 9.47 Å². The fourth-order valence-corrected chi connectivity index (χ4v) is 2.96. The molecule has 1 aliphatic heterocycles. The summed E-state index contributed by atoms with van der Waals surface area (Å²) in [5.74, 6) is -1.41. The number of rotatable bonds is 2. The van der Waals surface area contributed by atoms with Crippen molar-refractivity contribution < 1.29 is 19.1 Å². The zero-order valence-electron chi connectivity index (χ0n) is 11.3. The molecule has 0 amide bonds. The predicted octanol–water partition coefficient (Wildman–Crippen LogP) is 2.97. The van der Waals surface area contributed by atoms with Crippen molar-refractivity contribution in [2.45, 2.75) is 18.9 Å². The number of esters is 2. The van der Waals surface area contributed by atoms with Gasteiger partial charge in [0, 0.05) is 10.4 Å². The van der Waals surface area contributed by atoms with Crippen LogP contribution in [0.4, 0.5) is 0 Å². The molecule has 2 aliphatic rings. The lowest BCUT2D eigenvalue weighted by Crippen LogP contribution is -2.33. The first kappa shape index (κ1) is 14.1. The number of hydrogen-bond donors (Lipinski definition) is 0. The van der Waals surface area contributed by atoms with Crippen molar-refractivity contribution in [3.63, 3.8) is 0 Å². The second-order valence-corrected chi connectivity index (χ2v) is 5.74. The minimum absolute atomic E-state index is 0.0257. The molecule has 1 aliphatic carbocycles. The van der Waals surface area contributed by atoms with Gasteiger partial charge >= 0.3 is 11.9 Å². The third-order valence-corrected chi connectivity index (χ3v) is 4.03. The van der Waals surface area contributed by atoms with E-state index in [9.17, 15) is 9.59 Å². The number of carbonyl (C=O) groups excluding carboxylic acids is 2. The molecular weight excluding hydrogens is 336 g/mol. The van der Waals surface area contributed by atoms with Crippen molar-refractivity contribution in [1.82, 2.24) is 0 Å². The first-order valence-electron chi connectivity index (χ1n) is 6.67. The maximum Gasteiger partial charge on any atom is 0.345 e. The Kier molecular flexibility index (Phi) is 3.68. The first-order valence-corrected chi connectivity index (χ1v) is 7.47. The van der Waals surface area contributed by atoms with Gasteiger partial charge in [0.1, 0.15) is 11.7 Å². The Morgan fingerprint density at radius 3 is 3.00 bits per heavy atom. The summed E-state index contributed by atoms with van der Waals surface area (Å²) in [5.41, 5.74) is 2.05. The van der Waals surface area contributed by atoms with Gasteiger partial charge in [0.15, 0.2) is 0 Å². The molecular formula is C16H13BrO4. The minimum atomic E-state index is -0.630. The van der Waals surface area contributed by atoms with Crippen LogP contribution < -0.4 is 0 Å². The van der Waals surface area contributed by atoms with Gasteiger partial charge in [-0.05, 0) is 36.3 Å². The summed E-state index contributed by atoms with van der Waals surface area (Å²) in [6.45, 7) is 1.92. The number of ether oxygens (including phenoxy) is 2. The molecule has 4 nitrogen and oxygen atoms in total. The lowest BCUT2D eigenvalue weighted by Gasteiger charge is -2.31. The smallest absolute Gasteiger partial charge is 0.345 e. The predicted molar refractivity (Wildman–Crippen MR) is 80.5 cm³/mol. The molecule has 2 unspecified atom stereocenters. The molecule has 21 heavy (non-hydrogen) atoms. The SMILES string of the molecule is CCOC(=O)C1=CC2c3ccc(Br)cc3C=CC2OC1=O. The lowest BCUT2D eigenvalue weighted by molar-refractivity contribution is -0.150. The maximum absolute atomic E-state index is 11.9. The van der Waals surface area contributed by atoms with E-state index in [0.29, 0.717) is 0 Å². The quantitative estimate of drug-likeness (QED) is 0.609. The minimum Gasteiger partial charge on any atom is -0.462 e. The van der Waals surface area contributed by atoms with E-state index in [-0.39, 0.29) is 24.2 Å². The summed E-state index contributed by atoms with van der Waals surface area (Å²) in [6.07, 6.45) is 5.06. The van der Waals surface area contributed by atoms with E-state index in [2.05, 4.69) is 15.9 Å². The molecule has 0 fully saturated rings. The van der Waals surface area contributed by atoms with Crippen LogP contribution in [0.3, 0.4) is 0 Å². The number of fused-ring (bicyclic) bond motifs is 3. The molecule has 0 aromatic heterocycles. The molecule has 0 bridgehead atoms. The molecule has 2 atom stereocenters. The third-order valence-electron chi connectivity index (χ3n) is 3.53. The van der Waals surface area contributed by atoms with E-state index in [1.807, 2.05) is 30.4 Å². The monoisotopic (exact) mass is 348 g/mol. The number of hydrogen-bond acceptors (Lipinski definition) is 4. The van der Waals surface area contributed by atoms with Crippen molar-refractivity contribution in [3.8, 4) is 0 Å². The van der Waals surface area contributed by atoms with Crippen LogP contribution in [0.15, 0.2) is 40.4 Å². The Morgan fingerprint density at radius 2 is 2.24 bits per heavy atom. The van der Waals surface area contributed by atoms with Gasteiger partial charge in [-0.3, -0.25) is 0 Å². The molecule has 1 heterocycles. The highest BCUT2D eigenvalue weighted by Gasteiger charge is 2.36. The summed E-state index contributed by atoms with van der Waals surface area (Å²) >= 11 is 3.43. The van der Waals surface area contributed by atoms with Crippen LogP contribution in [0.1, 0.15) is 24.0 Å². The van der Waals surface area contributed by atoms with Crippen LogP contribution in [0.25, 0.3) is 6.08 Å². The Balaban J connectivity index is 2.03. The average Bonchev–Trinajstić information content (AvgIpc) is 2.46. The van der Waals surface area contributed by atoms with E-state index in [1.54, 1.807) is 13.0 Å². The zero-order valence-corrected chi connectivity index (χ0v) is 12.9. The van der Waals surface area contributed by atoms with Gasteiger partial charge in [-0.25, -0.2) is 9.59 Å². The summed E-state index contributed by atoms with van der Waals surface area (Å²) in [5, 5.41) is 0. The molecule has 0 saturated heterocycles. The molecule has 3 rings (SSSR count). The van der Waals surface area contributed by atoms with Gasteiger partial charge in [-0.1, -0.05) is 34.1 Å². The fourth-order valence-electron chi connectivity index (χ4n) is 2.58. The highest BCUT2D eigenvalue weighted by atomic mass is 79.9. The van der Waals surface area contributed by atoms with Crippen molar-refractivity contribution in [2.24, 2.45) is 0 Å². The van der Waals surface area contributed by atoms with Crippen LogP contribution in [0.2, 0.25) is 0 Å². The second-order valence-electron chi connectivity index (χ2n) is 4.83. The normalized spacial score (nSPS) is 22.8. The molecule has 5 heteroatoms. The van der Waals surface area contributed by atoms with E-state index < -0.39 is 11.9 Å². The van der Waals surface area contributed by atoms with E-state index in [4.69, 9.17) is 9.47 Å². The van der Waals surface area contributed by atoms with Crippen LogP contribution in [-0.4, -0.2) is 24.6 Å². The van der Waals surface area contributed by atoms with Crippen LogP contribution >= 0.6 is 15.9 Å². The van der Waals surface area contributed by atoms with E-state index in [0.717, 1.165) is 15.6 Å². The summed E-state index contributed by atoms with van der Waals surface area (Å²) < 4.78 is 11.2. The molecule has 0 N–H and O–H groups in total. The number of benzene rings is 1. The standard InChI is InChI=1S/C16H13BrO4/c1-2-20-15(18)13-8-12-11-5-4-10(17)7-9(11)3-6-14(12)21-16(13)19/h3-8,12,14H,2H2,1H3. The summed E-state index contributed by atoms with van der Waals surface area (Å²) in [6, 6.07) is 5.90. The van der Waals surface area contributed by atoms with E-state index >= 15 is 0 Å². The van der Waals surface area contributed by atoms with Gasteiger partial charge in [0.2, 0.25) is 0 Å². The third kappa shape index (κ3) is 2.53.